The van der Waals surface area contributed by atoms with Crippen molar-refractivity contribution in [3.63, 3.8) is 0 Å². The minimum absolute atomic E-state index is 0.0791. The molecule has 3 rings (SSSR count). The Balaban J connectivity index is 2.18. The Morgan fingerprint density at radius 3 is 2.75 bits per heavy atom. The van der Waals surface area contributed by atoms with E-state index in [1.807, 2.05) is 19.1 Å². The molecule has 1 N–H and O–H groups in total. The fourth-order valence-corrected chi connectivity index (χ4v) is 1.92. The summed E-state index contributed by atoms with van der Waals surface area (Å²) in [6, 6.07) is 5.57. The Labute approximate surface area is 115 Å². The maximum absolute atomic E-state index is 11.5. The second-order valence-electron chi connectivity index (χ2n) is 4.51. The molecule has 6 heteroatoms. The first-order valence-electron chi connectivity index (χ1n) is 6.18. The fraction of sp³-hybridized carbons (Fsp3) is 0.143. The molecule has 6 nitrogen and oxygen atoms in total. The molecule has 0 aromatic carbocycles. The first-order valence-corrected chi connectivity index (χ1v) is 6.18. The molecule has 0 unspecified atom stereocenters. The highest BCUT2D eigenvalue weighted by atomic mass is 16.1. The number of nitrogens with zero attached hydrogens (tertiary/aromatic N) is 4. The molecule has 0 atom stereocenters. The highest BCUT2D eigenvalue weighted by Gasteiger charge is 2.15. The lowest BCUT2D eigenvalue weighted by Crippen LogP contribution is -2.02. The maximum atomic E-state index is 11.5. The van der Waals surface area contributed by atoms with Crippen LogP contribution in [0, 0.1) is 6.92 Å². The summed E-state index contributed by atoms with van der Waals surface area (Å²) in [5.41, 5.74) is 3.71. The number of imidazole rings is 1. The third-order valence-corrected chi connectivity index (χ3v) is 2.98. The summed E-state index contributed by atoms with van der Waals surface area (Å²) in [4.78, 5) is 22.8. The number of aromatic amines is 1. The number of pyridine rings is 1. The highest BCUT2D eigenvalue weighted by molar-refractivity contribution is 5.93. The van der Waals surface area contributed by atoms with Crippen LogP contribution in [-0.2, 0) is 0 Å². The normalized spacial score (nSPS) is 10.7. The first kappa shape index (κ1) is 12.3. The molecule has 0 radical (unpaired) electrons. The molecule has 3 aromatic heterocycles. The topological polar surface area (TPSA) is 76.5 Å². The average Bonchev–Trinajstić information content (AvgIpc) is 3.08. The Hall–Kier alpha value is -2.76. The van der Waals surface area contributed by atoms with Crippen LogP contribution in [-0.4, -0.2) is 30.5 Å². The number of Topliss-reactive ketones (excluding diaryl/α,β-unsaturated/α-hetero) is 1. The third-order valence-electron chi connectivity index (χ3n) is 2.98. The number of hydrogen-bond acceptors (Lipinski definition) is 4. The summed E-state index contributed by atoms with van der Waals surface area (Å²) in [6.45, 7) is 3.42. The number of aromatic nitrogens is 5. The van der Waals surface area contributed by atoms with Crippen LogP contribution in [0.3, 0.4) is 0 Å². The van der Waals surface area contributed by atoms with E-state index in [4.69, 9.17) is 0 Å². The lowest BCUT2D eigenvalue weighted by molar-refractivity contribution is 0.101. The maximum Gasteiger partial charge on any atom is 0.180 e. The van der Waals surface area contributed by atoms with Crippen molar-refractivity contribution in [2.75, 3.05) is 0 Å². The minimum atomic E-state index is -0.0791. The smallest absolute Gasteiger partial charge is 0.180 e. The second-order valence-corrected chi connectivity index (χ2v) is 4.51. The van der Waals surface area contributed by atoms with Crippen molar-refractivity contribution in [3.05, 3.63) is 48.3 Å². The molecule has 100 valence electrons. The van der Waals surface area contributed by atoms with Crippen LogP contribution < -0.4 is 0 Å². The molecule has 0 spiro atoms. The summed E-state index contributed by atoms with van der Waals surface area (Å²) in [5, 5.41) is 4.34. The van der Waals surface area contributed by atoms with E-state index < -0.39 is 0 Å². The summed E-state index contributed by atoms with van der Waals surface area (Å²) in [6.07, 6.45) is 5.01. The zero-order valence-corrected chi connectivity index (χ0v) is 11.2. The van der Waals surface area contributed by atoms with Gasteiger partial charge in [-0.25, -0.2) is 9.67 Å². The summed E-state index contributed by atoms with van der Waals surface area (Å²) in [5.74, 6) is -0.0791. The molecule has 0 saturated heterocycles. The van der Waals surface area contributed by atoms with Crippen molar-refractivity contribution in [2.24, 2.45) is 0 Å². The Morgan fingerprint density at radius 1 is 1.30 bits per heavy atom. The van der Waals surface area contributed by atoms with E-state index in [9.17, 15) is 4.79 Å². The van der Waals surface area contributed by atoms with Crippen LogP contribution >= 0.6 is 0 Å². The van der Waals surface area contributed by atoms with E-state index in [2.05, 4.69) is 20.1 Å². The third kappa shape index (κ3) is 2.11. The van der Waals surface area contributed by atoms with Crippen molar-refractivity contribution in [2.45, 2.75) is 13.8 Å². The molecule has 0 saturated carbocycles. The number of H-pyrrole nitrogens is 1. The van der Waals surface area contributed by atoms with Gasteiger partial charge in [0, 0.05) is 12.6 Å². The van der Waals surface area contributed by atoms with Gasteiger partial charge in [0.25, 0.3) is 0 Å². The van der Waals surface area contributed by atoms with Crippen LogP contribution in [0.2, 0.25) is 0 Å². The van der Waals surface area contributed by atoms with Gasteiger partial charge in [-0.1, -0.05) is 0 Å². The van der Waals surface area contributed by atoms with E-state index in [0.717, 1.165) is 22.8 Å². The highest BCUT2D eigenvalue weighted by Crippen LogP contribution is 2.22. The van der Waals surface area contributed by atoms with Gasteiger partial charge in [-0.3, -0.25) is 9.78 Å². The quantitative estimate of drug-likeness (QED) is 0.738. The number of nitrogens with one attached hydrogen (secondary N) is 1. The number of aryl methyl sites for hydroxylation is 1. The Kier molecular flexibility index (Phi) is 2.90. The molecule has 0 fully saturated rings. The zero-order valence-electron chi connectivity index (χ0n) is 11.2. The van der Waals surface area contributed by atoms with Crippen LogP contribution in [0.25, 0.3) is 17.1 Å². The SMILES string of the molecule is CC(=O)c1cc(-c2cnc[nH]2)n(-c2ccc(C)nc2)n1. The molecule has 20 heavy (non-hydrogen) atoms. The van der Waals surface area contributed by atoms with Crippen molar-refractivity contribution < 1.29 is 4.79 Å². The van der Waals surface area contributed by atoms with E-state index >= 15 is 0 Å². The van der Waals surface area contributed by atoms with Gasteiger partial charge in [0.1, 0.15) is 5.69 Å². The average molecular weight is 267 g/mol. The predicted octanol–water partition coefficient (Wildman–Crippen LogP) is 2.17. The van der Waals surface area contributed by atoms with Crippen molar-refractivity contribution in [1.29, 1.82) is 0 Å². The molecule has 0 aliphatic heterocycles. The molecule has 3 aromatic rings. The van der Waals surface area contributed by atoms with Crippen LogP contribution in [0.1, 0.15) is 23.1 Å². The standard InChI is InChI=1S/C14H13N5O/c1-9-3-4-11(6-16-9)19-14(13-7-15-8-17-13)5-12(18-19)10(2)20/h3-8H,1-2H3,(H,15,17). The number of carbonyl (C=O) groups excluding carboxylic acids is 1. The summed E-state index contributed by atoms with van der Waals surface area (Å²) in [7, 11) is 0. The van der Waals surface area contributed by atoms with E-state index in [-0.39, 0.29) is 5.78 Å². The molecular formula is C14H13N5O. The Morgan fingerprint density at radius 2 is 2.15 bits per heavy atom. The number of carbonyl (C=O) groups is 1. The van der Waals surface area contributed by atoms with Gasteiger partial charge in [-0.2, -0.15) is 5.10 Å². The molecule has 3 heterocycles. The predicted molar refractivity (Wildman–Crippen MR) is 73.7 cm³/mol. The van der Waals surface area contributed by atoms with E-state index in [0.29, 0.717) is 5.69 Å². The largest absolute Gasteiger partial charge is 0.343 e. The van der Waals surface area contributed by atoms with Gasteiger partial charge in [-0.05, 0) is 25.1 Å². The Bertz CT molecular complexity index is 740. The minimum Gasteiger partial charge on any atom is -0.343 e. The van der Waals surface area contributed by atoms with Crippen molar-refractivity contribution in [1.82, 2.24) is 24.7 Å². The molecule has 0 aliphatic rings. The zero-order chi connectivity index (χ0) is 14.1. The van der Waals surface area contributed by atoms with Gasteiger partial charge in [0.05, 0.1) is 35.8 Å². The van der Waals surface area contributed by atoms with E-state index in [1.54, 1.807) is 29.5 Å². The summed E-state index contributed by atoms with van der Waals surface area (Å²) < 4.78 is 1.69. The molecule has 0 bridgehead atoms. The van der Waals surface area contributed by atoms with Crippen LogP contribution in [0.15, 0.2) is 36.9 Å². The molecular weight excluding hydrogens is 254 g/mol. The number of ketones is 1. The lowest BCUT2D eigenvalue weighted by Gasteiger charge is -2.05. The van der Waals surface area contributed by atoms with Crippen molar-refractivity contribution >= 4 is 5.78 Å². The van der Waals surface area contributed by atoms with Crippen LogP contribution in [0.4, 0.5) is 0 Å². The van der Waals surface area contributed by atoms with Gasteiger partial charge in [0.2, 0.25) is 0 Å². The monoisotopic (exact) mass is 267 g/mol. The lowest BCUT2D eigenvalue weighted by atomic mass is 10.2. The number of rotatable bonds is 3. The van der Waals surface area contributed by atoms with Gasteiger partial charge in [0.15, 0.2) is 5.78 Å². The second kappa shape index (κ2) is 4.73. The van der Waals surface area contributed by atoms with Gasteiger partial charge < -0.3 is 4.98 Å². The van der Waals surface area contributed by atoms with Crippen molar-refractivity contribution in [3.8, 4) is 17.1 Å². The van der Waals surface area contributed by atoms with Crippen LogP contribution in [0.5, 0.6) is 0 Å². The molecule has 0 aliphatic carbocycles. The van der Waals surface area contributed by atoms with Gasteiger partial charge in [-0.15, -0.1) is 0 Å². The fourth-order valence-electron chi connectivity index (χ4n) is 1.92. The van der Waals surface area contributed by atoms with E-state index in [1.165, 1.54) is 6.92 Å². The molecule has 0 amide bonds. The number of hydrogen-bond donors (Lipinski definition) is 1. The first-order chi connectivity index (χ1) is 9.65. The summed E-state index contributed by atoms with van der Waals surface area (Å²) >= 11 is 0. The van der Waals surface area contributed by atoms with Gasteiger partial charge >= 0.3 is 0 Å².